The zero-order chi connectivity index (χ0) is 71.5. The topological polar surface area (TPSA) is 192 Å². The van der Waals surface area contributed by atoms with Crippen LogP contribution in [0.15, 0.2) is 48.6 Å². The number of nitrogens with one attached hydrogen (secondary N) is 6. The Bertz CT molecular complexity index is 2000. The predicted octanol–water partition coefficient (Wildman–Crippen LogP) is 21.7. The van der Waals surface area contributed by atoms with Crippen LogP contribution in [0, 0.1) is 0 Å². The van der Waals surface area contributed by atoms with Crippen molar-refractivity contribution in [1.82, 2.24) is 31.9 Å². The molecule has 13 nitrogen and oxygen atoms in total. The molecule has 3 atom stereocenters. The summed E-state index contributed by atoms with van der Waals surface area (Å²) in [6, 6.07) is -2.84. The van der Waals surface area contributed by atoms with Crippen LogP contribution < -0.4 is 31.9 Å². The number of Topliss-reactive ketones (excluding diaryl/α,β-unsaturated/α-hetero) is 1. The Kier molecular flexibility index (Phi) is 71.6. The molecule has 0 aromatic heterocycles. The lowest BCUT2D eigenvalue weighted by molar-refractivity contribution is -0.131. The third-order valence-corrected chi connectivity index (χ3v) is 19.0. The summed E-state index contributed by atoms with van der Waals surface area (Å²) in [6.07, 6.45) is 81.7. The van der Waals surface area contributed by atoms with E-state index in [0.29, 0.717) is 44.9 Å². The van der Waals surface area contributed by atoms with E-state index in [2.05, 4.69) is 108 Å². The van der Waals surface area contributed by atoms with Gasteiger partial charge in [-0.1, -0.05) is 282 Å². The van der Waals surface area contributed by atoms with E-state index in [-0.39, 0.29) is 61.4 Å². The molecule has 0 aliphatic heterocycles. The van der Waals surface area contributed by atoms with Crippen molar-refractivity contribution in [3.63, 3.8) is 0 Å². The molecule has 0 fully saturated rings. The van der Waals surface area contributed by atoms with Crippen molar-refractivity contribution in [2.45, 2.75) is 432 Å². The first-order chi connectivity index (χ1) is 48.0. The fourth-order valence-electron chi connectivity index (χ4n) is 12.4. The maximum atomic E-state index is 14.0. The van der Waals surface area contributed by atoms with E-state index >= 15 is 0 Å². The summed E-state index contributed by atoms with van der Waals surface area (Å²) < 4.78 is 0. The monoisotopic (exact) mass is 1370 g/mol. The molecule has 98 heavy (non-hydrogen) atoms. The lowest BCUT2D eigenvalue weighted by Gasteiger charge is -2.23. The van der Waals surface area contributed by atoms with Crippen LogP contribution >= 0.6 is 0 Å². The Morgan fingerprint density at radius 3 is 0.765 bits per heavy atom. The smallest absolute Gasteiger partial charge is 0.244 e. The second kappa shape index (κ2) is 75.1. The molecule has 0 aromatic carbocycles. The van der Waals surface area contributed by atoms with Gasteiger partial charge < -0.3 is 31.9 Å². The van der Waals surface area contributed by atoms with Gasteiger partial charge in [-0.25, -0.2) is 0 Å². The highest BCUT2D eigenvalue weighted by molar-refractivity contribution is 5.92. The number of amides is 6. The van der Waals surface area contributed by atoms with E-state index in [9.17, 15) is 33.6 Å². The summed E-state index contributed by atoms with van der Waals surface area (Å²) in [7, 11) is 0. The summed E-state index contributed by atoms with van der Waals surface area (Å²) in [5, 5.41) is 17.5. The standard InChI is InChI=1S/C85H156N6O7/c1-6-10-14-18-22-26-30-34-38-42-46-50-54-58-62-69-80(93)87-74-78(89-82(95)71-64-60-56-52-48-44-40-36-32-28-24-20-16-12-8-3)84(97)86-73-67-66-68-77(76(5)92)91-85(98)79(90-83(96)72-65-61-57-53-49-45-41-37-33-29-25-21-17-13-9-4)75-88-81(94)70-63-59-55-51-47-43-39-35-31-27-23-19-15-11-7-2/h34-41,77-79H,6-33,42-75H2,1-5H3,(H,86,97)(H,87,93)(H,88,94)(H,89,95)(H,90,96)(H,91,98)/b38-34-,39-35-,40-36-,41-37-. The lowest BCUT2D eigenvalue weighted by Crippen LogP contribution is -2.55. The van der Waals surface area contributed by atoms with Crippen LogP contribution in [0.5, 0.6) is 0 Å². The number of hydrogen-bond acceptors (Lipinski definition) is 7. The van der Waals surface area contributed by atoms with Crippen LogP contribution in [0.3, 0.4) is 0 Å². The van der Waals surface area contributed by atoms with Crippen molar-refractivity contribution in [1.29, 1.82) is 0 Å². The van der Waals surface area contributed by atoms with E-state index in [1.165, 1.54) is 174 Å². The Balaban J connectivity index is 5.44. The van der Waals surface area contributed by atoms with Crippen molar-refractivity contribution in [3.05, 3.63) is 48.6 Å². The van der Waals surface area contributed by atoms with E-state index < -0.39 is 24.0 Å². The molecule has 0 heterocycles. The Morgan fingerprint density at radius 1 is 0.245 bits per heavy atom. The summed E-state index contributed by atoms with van der Waals surface area (Å²) >= 11 is 0. The molecule has 0 aromatic rings. The van der Waals surface area contributed by atoms with Gasteiger partial charge in [-0.15, -0.1) is 0 Å². The minimum Gasteiger partial charge on any atom is -0.354 e. The highest BCUT2D eigenvalue weighted by atomic mass is 16.2. The molecule has 0 spiro atoms. The highest BCUT2D eigenvalue weighted by Crippen LogP contribution is 2.16. The number of allylic oxidation sites excluding steroid dienone is 8. The summed E-state index contributed by atoms with van der Waals surface area (Å²) in [6.45, 7) is 10.6. The number of carbonyl (C=O) groups excluding carboxylic acids is 7. The number of carbonyl (C=O) groups is 7. The van der Waals surface area contributed by atoms with Gasteiger partial charge in [-0.05, 0) is 155 Å². The van der Waals surface area contributed by atoms with Gasteiger partial charge in [0.25, 0.3) is 0 Å². The lowest BCUT2D eigenvalue weighted by atomic mass is 10.0. The van der Waals surface area contributed by atoms with Crippen molar-refractivity contribution in [3.8, 4) is 0 Å². The number of unbranched alkanes of at least 4 members (excludes halogenated alkanes) is 45. The number of hydrogen-bond donors (Lipinski definition) is 6. The second-order valence-corrected chi connectivity index (χ2v) is 28.6. The van der Waals surface area contributed by atoms with Crippen LogP contribution in [0.2, 0.25) is 0 Å². The molecule has 568 valence electrons. The van der Waals surface area contributed by atoms with Gasteiger partial charge in [0.05, 0.1) is 6.04 Å². The second-order valence-electron chi connectivity index (χ2n) is 28.6. The molecule has 13 heteroatoms. The largest absolute Gasteiger partial charge is 0.354 e. The molecule has 6 N–H and O–H groups in total. The van der Waals surface area contributed by atoms with Crippen LogP contribution in [-0.4, -0.2) is 79.0 Å². The molecule has 0 radical (unpaired) electrons. The van der Waals surface area contributed by atoms with Gasteiger partial charge in [0, 0.05) is 45.3 Å². The molecule has 0 saturated carbocycles. The number of ketones is 1. The molecule has 0 aliphatic rings. The van der Waals surface area contributed by atoms with Gasteiger partial charge in [0.2, 0.25) is 35.4 Å². The van der Waals surface area contributed by atoms with Crippen molar-refractivity contribution in [2.75, 3.05) is 19.6 Å². The SMILES string of the molecule is CCCCCCCC/C=C\CCCCCCCC(=O)NCC(NC(=O)CCCCCCC/C=C\CCCCCCCC)C(=O)NCCCCC(NC(=O)C(CNC(=O)CCCCCCC/C=C\CCCCCCCC)NC(=O)CCCCCCC/C=C\CCCCCCCC)C(C)=O. The third kappa shape index (κ3) is 67.3. The zero-order valence-corrected chi connectivity index (χ0v) is 64.5. The first kappa shape index (κ1) is 93.5. The average Bonchev–Trinajstić information content (AvgIpc) is 1.40. The highest BCUT2D eigenvalue weighted by Gasteiger charge is 2.26. The van der Waals surface area contributed by atoms with Gasteiger partial charge in [-0.2, -0.15) is 0 Å². The fourth-order valence-corrected chi connectivity index (χ4v) is 12.4. The molecule has 0 bridgehead atoms. The molecule has 0 aliphatic carbocycles. The van der Waals surface area contributed by atoms with Crippen molar-refractivity contribution >= 4 is 41.2 Å². The zero-order valence-electron chi connectivity index (χ0n) is 64.5. The maximum absolute atomic E-state index is 14.0. The van der Waals surface area contributed by atoms with Crippen molar-refractivity contribution in [2.24, 2.45) is 0 Å². The minimum atomic E-state index is -1.06. The van der Waals surface area contributed by atoms with Crippen LogP contribution in [0.4, 0.5) is 0 Å². The summed E-state index contributed by atoms with van der Waals surface area (Å²) in [5.74, 6) is -1.95. The first-order valence-corrected chi connectivity index (χ1v) is 41.8. The normalized spacial score (nSPS) is 12.6. The Morgan fingerprint density at radius 2 is 0.490 bits per heavy atom. The molecule has 6 amide bonds. The van der Waals surface area contributed by atoms with Gasteiger partial charge >= 0.3 is 0 Å². The maximum Gasteiger partial charge on any atom is 0.244 e. The summed E-state index contributed by atoms with van der Waals surface area (Å²) in [5.41, 5.74) is 0. The minimum absolute atomic E-state index is 0.0143. The van der Waals surface area contributed by atoms with Gasteiger partial charge in [-0.3, -0.25) is 33.6 Å². The first-order valence-electron chi connectivity index (χ1n) is 41.8. The molecular weight excluding hydrogens is 1220 g/mol. The average molecular weight is 1370 g/mol. The summed E-state index contributed by atoms with van der Waals surface area (Å²) in [4.78, 5) is 93.7. The molecule has 0 rings (SSSR count). The van der Waals surface area contributed by atoms with Crippen LogP contribution in [0.25, 0.3) is 0 Å². The fraction of sp³-hybridized carbons (Fsp3) is 0.824. The van der Waals surface area contributed by atoms with E-state index in [0.717, 1.165) is 161 Å². The molecule has 3 unspecified atom stereocenters. The van der Waals surface area contributed by atoms with E-state index in [1.807, 2.05) is 0 Å². The van der Waals surface area contributed by atoms with Gasteiger partial charge in [0.1, 0.15) is 12.1 Å². The predicted molar refractivity (Wildman–Crippen MR) is 417 cm³/mol. The molecule has 0 saturated heterocycles. The van der Waals surface area contributed by atoms with Crippen LogP contribution in [0.1, 0.15) is 413 Å². The van der Waals surface area contributed by atoms with Crippen LogP contribution in [-0.2, 0) is 33.6 Å². The third-order valence-electron chi connectivity index (χ3n) is 19.0. The molecular formula is C85H156N6O7. The van der Waals surface area contributed by atoms with Crippen molar-refractivity contribution < 1.29 is 33.6 Å². The Hall–Kier alpha value is -4.55. The van der Waals surface area contributed by atoms with Gasteiger partial charge in [0.15, 0.2) is 5.78 Å². The number of rotatable bonds is 75. The van der Waals surface area contributed by atoms with E-state index in [1.54, 1.807) is 0 Å². The Labute approximate surface area is 603 Å². The van der Waals surface area contributed by atoms with E-state index in [4.69, 9.17) is 0 Å². The quantitative estimate of drug-likeness (QED) is 0.0258.